The number of rotatable bonds is 4. The molecular formula is C17H26N2O2. The molecule has 0 spiro atoms. The molecule has 116 valence electrons. The Morgan fingerprint density at radius 3 is 2.33 bits per heavy atom. The lowest BCUT2D eigenvalue weighted by molar-refractivity contribution is -0.128. The molecule has 0 aliphatic heterocycles. The van der Waals surface area contributed by atoms with Crippen LogP contribution in [-0.4, -0.2) is 24.9 Å². The van der Waals surface area contributed by atoms with Gasteiger partial charge in [-0.1, -0.05) is 32.9 Å². The number of anilines is 1. The van der Waals surface area contributed by atoms with E-state index in [1.54, 1.807) is 11.8 Å². The Hall–Kier alpha value is -1.84. The van der Waals surface area contributed by atoms with E-state index in [0.717, 1.165) is 16.8 Å². The molecule has 0 saturated carbocycles. The smallest absolute Gasteiger partial charge is 0.225 e. The van der Waals surface area contributed by atoms with Gasteiger partial charge in [-0.15, -0.1) is 0 Å². The third-order valence-corrected chi connectivity index (χ3v) is 3.34. The molecule has 4 heteroatoms. The van der Waals surface area contributed by atoms with Crippen molar-refractivity contribution in [3.8, 4) is 0 Å². The Labute approximate surface area is 127 Å². The topological polar surface area (TPSA) is 49.4 Å². The lowest BCUT2D eigenvalue weighted by atomic mass is 9.96. The van der Waals surface area contributed by atoms with Crippen LogP contribution in [0.15, 0.2) is 18.2 Å². The van der Waals surface area contributed by atoms with Crippen LogP contribution in [0.2, 0.25) is 0 Å². The summed E-state index contributed by atoms with van der Waals surface area (Å²) < 4.78 is 0. The average Bonchev–Trinajstić information content (AvgIpc) is 2.36. The van der Waals surface area contributed by atoms with Gasteiger partial charge in [0.25, 0.3) is 0 Å². The van der Waals surface area contributed by atoms with E-state index in [0.29, 0.717) is 13.1 Å². The first-order valence-corrected chi connectivity index (χ1v) is 7.26. The highest BCUT2D eigenvalue weighted by atomic mass is 16.2. The van der Waals surface area contributed by atoms with Gasteiger partial charge in [0.05, 0.1) is 0 Å². The van der Waals surface area contributed by atoms with E-state index in [-0.39, 0.29) is 11.8 Å². The zero-order chi connectivity index (χ0) is 16.2. The summed E-state index contributed by atoms with van der Waals surface area (Å²) in [6.45, 7) is 12.1. The summed E-state index contributed by atoms with van der Waals surface area (Å²) >= 11 is 0. The molecule has 1 N–H and O–H groups in total. The van der Waals surface area contributed by atoms with Crippen LogP contribution >= 0.6 is 0 Å². The van der Waals surface area contributed by atoms with Gasteiger partial charge in [-0.05, 0) is 31.0 Å². The molecule has 0 aliphatic carbocycles. The van der Waals surface area contributed by atoms with E-state index >= 15 is 0 Å². The van der Waals surface area contributed by atoms with E-state index in [4.69, 9.17) is 0 Å². The standard InChI is InChI=1S/C17H26N2O2/c1-12-7-8-13(2)15(11-12)19(14(3)20)10-9-18-16(21)17(4,5)6/h7-8,11H,9-10H2,1-6H3,(H,18,21). The summed E-state index contributed by atoms with van der Waals surface area (Å²) in [5.41, 5.74) is 2.66. The molecule has 1 aromatic carbocycles. The van der Waals surface area contributed by atoms with Crippen molar-refractivity contribution in [1.82, 2.24) is 5.32 Å². The van der Waals surface area contributed by atoms with Crippen LogP contribution < -0.4 is 10.2 Å². The number of aryl methyl sites for hydroxylation is 2. The number of nitrogens with one attached hydrogen (secondary N) is 1. The highest BCUT2D eigenvalue weighted by molar-refractivity contribution is 5.92. The van der Waals surface area contributed by atoms with Crippen molar-refractivity contribution in [3.05, 3.63) is 29.3 Å². The van der Waals surface area contributed by atoms with Crippen molar-refractivity contribution in [3.63, 3.8) is 0 Å². The fourth-order valence-corrected chi connectivity index (χ4v) is 2.00. The summed E-state index contributed by atoms with van der Waals surface area (Å²) in [7, 11) is 0. The van der Waals surface area contributed by atoms with E-state index < -0.39 is 5.41 Å². The summed E-state index contributed by atoms with van der Waals surface area (Å²) in [5, 5.41) is 2.88. The monoisotopic (exact) mass is 290 g/mol. The first-order chi connectivity index (χ1) is 9.62. The molecule has 0 aromatic heterocycles. The molecule has 0 unspecified atom stereocenters. The minimum atomic E-state index is -0.416. The molecule has 0 atom stereocenters. The molecular weight excluding hydrogens is 264 g/mol. The third-order valence-electron chi connectivity index (χ3n) is 3.34. The van der Waals surface area contributed by atoms with Crippen molar-refractivity contribution in [2.45, 2.75) is 41.5 Å². The number of amides is 2. The molecule has 0 fully saturated rings. The van der Waals surface area contributed by atoms with Gasteiger partial charge in [0, 0.05) is 31.1 Å². The molecule has 0 heterocycles. The summed E-state index contributed by atoms with van der Waals surface area (Å²) in [6.07, 6.45) is 0. The molecule has 4 nitrogen and oxygen atoms in total. The van der Waals surface area contributed by atoms with E-state index in [2.05, 4.69) is 5.32 Å². The molecule has 0 aliphatic rings. The normalized spacial score (nSPS) is 11.1. The van der Waals surface area contributed by atoms with Crippen LogP contribution in [0.5, 0.6) is 0 Å². The van der Waals surface area contributed by atoms with Gasteiger partial charge in [0.15, 0.2) is 0 Å². The fourth-order valence-electron chi connectivity index (χ4n) is 2.00. The maximum absolute atomic E-state index is 11.9. The van der Waals surface area contributed by atoms with Gasteiger partial charge in [-0.2, -0.15) is 0 Å². The lowest BCUT2D eigenvalue weighted by Gasteiger charge is -2.25. The maximum atomic E-state index is 11.9. The van der Waals surface area contributed by atoms with Crippen LogP contribution in [0.3, 0.4) is 0 Å². The van der Waals surface area contributed by atoms with Gasteiger partial charge in [-0.25, -0.2) is 0 Å². The second-order valence-electron chi connectivity index (χ2n) is 6.47. The van der Waals surface area contributed by atoms with Gasteiger partial charge < -0.3 is 10.2 Å². The number of benzene rings is 1. The van der Waals surface area contributed by atoms with E-state index in [9.17, 15) is 9.59 Å². The number of hydrogen-bond acceptors (Lipinski definition) is 2. The van der Waals surface area contributed by atoms with Gasteiger partial charge in [0.2, 0.25) is 11.8 Å². The summed E-state index contributed by atoms with van der Waals surface area (Å²) in [5.74, 6) is -0.0272. The van der Waals surface area contributed by atoms with E-state index in [1.807, 2.05) is 52.8 Å². The van der Waals surface area contributed by atoms with Gasteiger partial charge in [-0.3, -0.25) is 9.59 Å². The highest BCUT2D eigenvalue weighted by Gasteiger charge is 2.21. The van der Waals surface area contributed by atoms with Crippen LogP contribution in [0.1, 0.15) is 38.8 Å². The largest absolute Gasteiger partial charge is 0.354 e. The Kier molecular flexibility index (Phi) is 5.53. The van der Waals surface area contributed by atoms with Crippen molar-refractivity contribution in [1.29, 1.82) is 0 Å². The number of carbonyl (C=O) groups excluding carboxylic acids is 2. The molecule has 1 aromatic rings. The molecule has 1 rings (SSSR count). The van der Waals surface area contributed by atoms with Crippen molar-refractivity contribution < 1.29 is 9.59 Å². The average molecular weight is 290 g/mol. The van der Waals surface area contributed by atoms with Crippen LogP contribution in [0.4, 0.5) is 5.69 Å². The summed E-state index contributed by atoms with van der Waals surface area (Å²) in [6, 6.07) is 6.04. The van der Waals surface area contributed by atoms with Crippen LogP contribution in [0, 0.1) is 19.3 Å². The minimum Gasteiger partial charge on any atom is -0.354 e. The molecule has 21 heavy (non-hydrogen) atoms. The maximum Gasteiger partial charge on any atom is 0.225 e. The van der Waals surface area contributed by atoms with Gasteiger partial charge >= 0.3 is 0 Å². The van der Waals surface area contributed by atoms with Crippen molar-refractivity contribution >= 4 is 17.5 Å². The van der Waals surface area contributed by atoms with Gasteiger partial charge in [0.1, 0.15) is 0 Å². The molecule has 2 amide bonds. The zero-order valence-electron chi connectivity index (χ0n) is 13.9. The molecule has 0 saturated heterocycles. The first kappa shape index (κ1) is 17.2. The SMILES string of the molecule is CC(=O)N(CCNC(=O)C(C)(C)C)c1cc(C)ccc1C. The van der Waals surface area contributed by atoms with E-state index in [1.165, 1.54) is 0 Å². The fraction of sp³-hybridized carbons (Fsp3) is 0.529. The summed E-state index contributed by atoms with van der Waals surface area (Å²) in [4.78, 5) is 25.5. The van der Waals surface area contributed by atoms with Crippen molar-refractivity contribution in [2.24, 2.45) is 5.41 Å². The Bertz CT molecular complexity index is 530. The first-order valence-electron chi connectivity index (χ1n) is 7.26. The molecule has 0 radical (unpaired) electrons. The van der Waals surface area contributed by atoms with Crippen LogP contribution in [-0.2, 0) is 9.59 Å². The van der Waals surface area contributed by atoms with Crippen molar-refractivity contribution in [2.75, 3.05) is 18.0 Å². The highest BCUT2D eigenvalue weighted by Crippen LogP contribution is 2.21. The van der Waals surface area contributed by atoms with Crippen LogP contribution in [0.25, 0.3) is 0 Å². The third kappa shape index (κ3) is 4.88. The predicted molar refractivity (Wildman–Crippen MR) is 86.4 cm³/mol. The number of nitrogens with zero attached hydrogens (tertiary/aromatic N) is 1. The Balaban J connectivity index is 2.78. The number of carbonyl (C=O) groups is 2. The second kappa shape index (κ2) is 6.74. The minimum absolute atomic E-state index is 0.00744. The Morgan fingerprint density at radius 2 is 1.81 bits per heavy atom. The zero-order valence-corrected chi connectivity index (χ0v) is 13.9. The lowest BCUT2D eigenvalue weighted by Crippen LogP contribution is -2.41. The number of hydrogen-bond donors (Lipinski definition) is 1. The predicted octanol–water partition coefficient (Wildman–Crippen LogP) is 2.82. The Morgan fingerprint density at radius 1 is 1.19 bits per heavy atom. The second-order valence-corrected chi connectivity index (χ2v) is 6.47. The quantitative estimate of drug-likeness (QED) is 0.927. The molecule has 0 bridgehead atoms.